The molecule has 1 amide bonds. The fourth-order valence-electron chi connectivity index (χ4n) is 4.25. The van der Waals surface area contributed by atoms with Gasteiger partial charge in [-0.2, -0.15) is 0 Å². The largest absolute Gasteiger partial charge is 0.394 e. The second-order valence-corrected chi connectivity index (χ2v) is 10.5. The zero-order valence-electron chi connectivity index (χ0n) is 18.5. The molecule has 7 heteroatoms. The summed E-state index contributed by atoms with van der Waals surface area (Å²) >= 11 is 12.2. The molecule has 0 radical (unpaired) electrons. The number of benzene rings is 2. The van der Waals surface area contributed by atoms with Gasteiger partial charge in [-0.1, -0.05) is 50.0 Å². The number of aliphatic hydroxyl groups is 2. The van der Waals surface area contributed by atoms with Crippen molar-refractivity contribution in [2.75, 3.05) is 11.9 Å². The molecular weight excluding hydrogens is 447 g/mol. The first-order chi connectivity index (χ1) is 15.0. The molecular formula is C25H28Cl2N2O3. The lowest BCUT2D eigenvalue weighted by molar-refractivity contribution is -0.118. The predicted molar refractivity (Wildman–Crippen MR) is 130 cm³/mol. The second kappa shape index (κ2) is 8.38. The molecule has 2 aromatic carbocycles. The highest BCUT2D eigenvalue weighted by molar-refractivity contribution is 6.42. The van der Waals surface area contributed by atoms with Crippen LogP contribution in [0.2, 0.25) is 10.0 Å². The molecule has 4 rings (SSSR count). The average molecular weight is 475 g/mol. The first-order valence-corrected chi connectivity index (χ1v) is 11.5. The second-order valence-electron chi connectivity index (χ2n) is 9.67. The number of hydrogen-bond donors (Lipinski definition) is 3. The van der Waals surface area contributed by atoms with E-state index in [1.807, 2.05) is 28.8 Å². The molecule has 1 aliphatic rings. The molecule has 5 nitrogen and oxygen atoms in total. The van der Waals surface area contributed by atoms with Crippen molar-refractivity contribution in [1.29, 1.82) is 0 Å². The summed E-state index contributed by atoms with van der Waals surface area (Å²) in [5.74, 6) is -0.0542. The van der Waals surface area contributed by atoms with Crippen LogP contribution < -0.4 is 5.32 Å². The van der Waals surface area contributed by atoms with Crippen molar-refractivity contribution in [2.24, 2.45) is 0 Å². The van der Waals surface area contributed by atoms with E-state index in [2.05, 4.69) is 32.2 Å². The van der Waals surface area contributed by atoms with Crippen LogP contribution in [0.25, 0.3) is 10.9 Å². The zero-order valence-corrected chi connectivity index (χ0v) is 20.0. The summed E-state index contributed by atoms with van der Waals surface area (Å²) in [6.07, 6.45) is 0.692. The van der Waals surface area contributed by atoms with Gasteiger partial charge in [0.2, 0.25) is 5.91 Å². The lowest BCUT2D eigenvalue weighted by atomic mass is 9.92. The smallest absolute Gasteiger partial charge is 0.235 e. The molecule has 1 aliphatic carbocycles. The Hall–Kier alpha value is -2.05. The Balaban J connectivity index is 1.64. The minimum Gasteiger partial charge on any atom is -0.394 e. The normalized spacial score (nSPS) is 16.2. The molecule has 170 valence electrons. The summed E-state index contributed by atoms with van der Waals surface area (Å²) in [4.78, 5) is 13.2. The zero-order chi connectivity index (χ0) is 23.3. The number of amides is 1. The number of aromatic nitrogens is 1. The molecule has 0 spiro atoms. The number of halogens is 2. The van der Waals surface area contributed by atoms with Gasteiger partial charge in [-0.05, 0) is 54.8 Å². The molecule has 0 aliphatic heterocycles. The van der Waals surface area contributed by atoms with Crippen molar-refractivity contribution in [3.63, 3.8) is 0 Å². The van der Waals surface area contributed by atoms with Gasteiger partial charge in [0.1, 0.15) is 0 Å². The number of nitrogens with one attached hydrogen (secondary N) is 1. The summed E-state index contributed by atoms with van der Waals surface area (Å²) in [7, 11) is 0. The number of nitrogens with zero attached hydrogens (tertiary/aromatic N) is 1. The van der Waals surface area contributed by atoms with Crippen LogP contribution in [0, 0.1) is 0 Å². The Morgan fingerprint density at radius 2 is 1.84 bits per heavy atom. The Kier molecular flexibility index (Phi) is 6.05. The minimum atomic E-state index is -0.841. The Bertz CT molecular complexity index is 1180. The summed E-state index contributed by atoms with van der Waals surface area (Å²) in [5, 5.41) is 24.3. The summed E-state index contributed by atoms with van der Waals surface area (Å²) in [6, 6.07) is 13.2. The molecule has 1 saturated carbocycles. The third-order valence-corrected chi connectivity index (χ3v) is 6.93. The molecule has 1 aromatic heterocycles. The number of fused-ring (bicyclic) bond motifs is 1. The Labute approximate surface area is 198 Å². The number of carbonyl (C=O) groups excluding carboxylic acids is 1. The van der Waals surface area contributed by atoms with E-state index in [9.17, 15) is 15.0 Å². The molecule has 0 saturated heterocycles. The van der Waals surface area contributed by atoms with Gasteiger partial charge in [-0.3, -0.25) is 4.79 Å². The molecule has 3 N–H and O–H groups in total. The number of aliphatic hydroxyl groups excluding tert-OH is 2. The molecule has 32 heavy (non-hydrogen) atoms. The SMILES string of the molecule is CC(C)(C)c1cc2cc(NC(=O)C3(c4ccc(Cl)c(Cl)c4)CC3)ccc2n1C[C@@H](O)CO. The number of anilines is 1. The molecule has 0 bridgehead atoms. The van der Waals surface area contributed by atoms with Crippen molar-refractivity contribution in [3.8, 4) is 0 Å². The van der Waals surface area contributed by atoms with Crippen LogP contribution in [-0.4, -0.2) is 33.4 Å². The maximum atomic E-state index is 13.2. The lowest BCUT2D eigenvalue weighted by Gasteiger charge is -2.23. The highest BCUT2D eigenvalue weighted by Crippen LogP contribution is 2.50. The number of rotatable bonds is 6. The van der Waals surface area contributed by atoms with Crippen LogP contribution in [-0.2, 0) is 22.2 Å². The van der Waals surface area contributed by atoms with Crippen LogP contribution >= 0.6 is 23.2 Å². The van der Waals surface area contributed by atoms with E-state index in [1.54, 1.807) is 12.1 Å². The van der Waals surface area contributed by atoms with Gasteiger partial charge in [0.15, 0.2) is 0 Å². The van der Waals surface area contributed by atoms with Crippen molar-refractivity contribution >= 4 is 45.7 Å². The monoisotopic (exact) mass is 474 g/mol. The van der Waals surface area contributed by atoms with Gasteiger partial charge >= 0.3 is 0 Å². The quantitative estimate of drug-likeness (QED) is 0.455. The fourth-order valence-corrected chi connectivity index (χ4v) is 4.55. The highest BCUT2D eigenvalue weighted by atomic mass is 35.5. The molecule has 1 heterocycles. The third-order valence-electron chi connectivity index (χ3n) is 6.19. The van der Waals surface area contributed by atoms with Crippen LogP contribution in [0.1, 0.15) is 44.9 Å². The van der Waals surface area contributed by atoms with Crippen molar-refractivity contribution in [2.45, 2.75) is 57.1 Å². The standard InChI is InChI=1S/C25H28Cl2N2O3/c1-24(2,3)22-11-15-10-17(5-7-21(15)29(22)13-18(31)14-30)28-23(32)25(8-9-25)16-4-6-19(26)20(27)12-16/h4-7,10-12,18,30-31H,8-9,13-14H2,1-3H3,(H,28,32)/t18-/m1/s1. The van der Waals surface area contributed by atoms with Crippen LogP contribution in [0.4, 0.5) is 5.69 Å². The third kappa shape index (κ3) is 4.27. The van der Waals surface area contributed by atoms with Crippen molar-refractivity contribution in [1.82, 2.24) is 4.57 Å². The van der Waals surface area contributed by atoms with E-state index in [4.69, 9.17) is 23.2 Å². The maximum Gasteiger partial charge on any atom is 0.235 e. The van der Waals surface area contributed by atoms with Gasteiger partial charge in [0.05, 0.1) is 34.7 Å². The van der Waals surface area contributed by atoms with E-state index in [0.717, 1.165) is 35.0 Å². The van der Waals surface area contributed by atoms with Gasteiger partial charge in [-0.15, -0.1) is 0 Å². The average Bonchev–Trinajstić information content (AvgIpc) is 3.47. The fraction of sp³-hybridized carbons (Fsp3) is 0.400. The maximum absolute atomic E-state index is 13.2. The van der Waals surface area contributed by atoms with Gasteiger partial charge < -0.3 is 20.1 Å². The topological polar surface area (TPSA) is 74.5 Å². The Morgan fingerprint density at radius 3 is 2.44 bits per heavy atom. The molecule has 1 fully saturated rings. The van der Waals surface area contributed by atoms with E-state index < -0.39 is 11.5 Å². The van der Waals surface area contributed by atoms with E-state index >= 15 is 0 Å². The van der Waals surface area contributed by atoms with Crippen LogP contribution in [0.5, 0.6) is 0 Å². The first-order valence-electron chi connectivity index (χ1n) is 10.7. The number of carbonyl (C=O) groups is 1. The Morgan fingerprint density at radius 1 is 1.12 bits per heavy atom. The van der Waals surface area contributed by atoms with E-state index in [1.165, 1.54) is 0 Å². The summed E-state index contributed by atoms with van der Waals surface area (Å²) in [5.41, 5.74) is 2.88. The summed E-state index contributed by atoms with van der Waals surface area (Å²) in [6.45, 7) is 6.34. The minimum absolute atomic E-state index is 0.0542. The number of hydrogen-bond acceptors (Lipinski definition) is 3. The molecule has 3 aromatic rings. The van der Waals surface area contributed by atoms with E-state index in [0.29, 0.717) is 22.3 Å². The first kappa shape index (κ1) is 23.1. The predicted octanol–water partition coefficient (Wildman–Crippen LogP) is 5.27. The van der Waals surface area contributed by atoms with Gasteiger partial charge in [0, 0.05) is 27.7 Å². The lowest BCUT2D eigenvalue weighted by Crippen LogP contribution is -2.27. The van der Waals surface area contributed by atoms with Crippen molar-refractivity contribution < 1.29 is 15.0 Å². The van der Waals surface area contributed by atoms with Gasteiger partial charge in [0.25, 0.3) is 0 Å². The summed E-state index contributed by atoms with van der Waals surface area (Å²) < 4.78 is 2.04. The van der Waals surface area contributed by atoms with Crippen molar-refractivity contribution in [3.05, 3.63) is 63.8 Å². The van der Waals surface area contributed by atoms with E-state index in [-0.39, 0.29) is 17.9 Å². The van der Waals surface area contributed by atoms with Gasteiger partial charge in [-0.25, -0.2) is 0 Å². The molecule has 0 unspecified atom stereocenters. The molecule has 1 atom stereocenters. The van der Waals surface area contributed by atoms with Crippen LogP contribution in [0.3, 0.4) is 0 Å². The van der Waals surface area contributed by atoms with Crippen LogP contribution in [0.15, 0.2) is 42.5 Å². The highest BCUT2D eigenvalue weighted by Gasteiger charge is 2.51.